The van der Waals surface area contributed by atoms with E-state index in [9.17, 15) is 45.8 Å². The number of nitrogens with one attached hydrogen (secondary N) is 2. The van der Waals surface area contributed by atoms with Crippen LogP contribution in [0, 0.1) is 0 Å². The van der Waals surface area contributed by atoms with Gasteiger partial charge in [0.05, 0.1) is 35.8 Å². The summed E-state index contributed by atoms with van der Waals surface area (Å²) >= 11 is 6.18. The molecule has 2 fully saturated rings. The molecule has 2 aliphatic rings. The van der Waals surface area contributed by atoms with E-state index in [-0.39, 0.29) is 44.2 Å². The van der Waals surface area contributed by atoms with Crippen LogP contribution < -0.4 is 10.6 Å². The van der Waals surface area contributed by atoms with Gasteiger partial charge in [0.2, 0.25) is 0 Å². The molecule has 1 aromatic heterocycles. The van der Waals surface area contributed by atoms with E-state index in [1.165, 1.54) is 42.6 Å². The molecule has 2 amide bonds. The highest BCUT2D eigenvalue weighted by Crippen LogP contribution is 2.40. The summed E-state index contributed by atoms with van der Waals surface area (Å²) in [5.41, 5.74) is -2.47. The fourth-order valence-corrected chi connectivity index (χ4v) is 6.65. The molecular weight excluding hydrogens is 753 g/mol. The number of carboxylic acids is 1. The first-order chi connectivity index (χ1) is 25.0. The average molecular weight is 784 g/mol. The molecule has 3 aromatic rings. The number of hydrogen-bond donors (Lipinski definition) is 4. The lowest BCUT2D eigenvalue weighted by atomic mass is 9.97. The lowest BCUT2D eigenvalue weighted by Gasteiger charge is -2.26. The van der Waals surface area contributed by atoms with E-state index in [2.05, 4.69) is 20.5 Å². The second kappa shape index (κ2) is 16.6. The number of β-amino-alcohol motifs (C(OH)–C–C–N with tert-alkyl or cyclic N) is 1. The van der Waals surface area contributed by atoms with Gasteiger partial charge in [0.25, 0.3) is 11.8 Å². The molecule has 1 atom stereocenters. The number of rotatable bonds is 12. The minimum atomic E-state index is -5.06. The predicted molar refractivity (Wildman–Crippen MR) is 187 cm³/mol. The minimum Gasteiger partial charge on any atom is -0.477 e. The van der Waals surface area contributed by atoms with E-state index >= 15 is 0 Å². The van der Waals surface area contributed by atoms with Crippen LogP contribution in [-0.4, -0.2) is 99.1 Å². The number of amides is 2. The second-order valence-electron chi connectivity index (χ2n) is 11.9. The molecule has 2 aromatic carbocycles. The van der Waals surface area contributed by atoms with Crippen LogP contribution in [0.4, 0.5) is 32.0 Å². The van der Waals surface area contributed by atoms with E-state index in [1.54, 1.807) is 0 Å². The summed E-state index contributed by atoms with van der Waals surface area (Å²) in [4.78, 5) is 44.2. The fraction of sp³-hybridized carbons (Fsp3) is 0.324. The summed E-state index contributed by atoms with van der Waals surface area (Å²) in [7, 11) is 0. The van der Waals surface area contributed by atoms with E-state index in [0.29, 0.717) is 62.8 Å². The van der Waals surface area contributed by atoms with Crippen LogP contribution >= 0.6 is 24.0 Å². The van der Waals surface area contributed by atoms with Crippen molar-refractivity contribution in [1.82, 2.24) is 20.1 Å². The number of nitrogens with zero attached hydrogens (tertiary/aromatic N) is 3. The van der Waals surface area contributed by atoms with E-state index in [0.717, 1.165) is 16.7 Å². The van der Waals surface area contributed by atoms with Gasteiger partial charge in [-0.2, -0.15) is 26.3 Å². The number of pyridine rings is 1. The van der Waals surface area contributed by atoms with Gasteiger partial charge in [-0.1, -0.05) is 30.0 Å². The van der Waals surface area contributed by atoms with Gasteiger partial charge in [-0.15, -0.1) is 0 Å². The smallest absolute Gasteiger partial charge is 0.416 e. The fourth-order valence-electron chi connectivity index (χ4n) is 5.38. The molecule has 282 valence electrons. The number of anilines is 1. The zero-order chi connectivity index (χ0) is 38.5. The molecule has 0 saturated carbocycles. The van der Waals surface area contributed by atoms with Gasteiger partial charge in [0.15, 0.2) is 6.10 Å². The summed E-state index contributed by atoms with van der Waals surface area (Å²) in [6.45, 7) is 2.84. The Kier molecular flexibility index (Phi) is 12.4. The van der Waals surface area contributed by atoms with Gasteiger partial charge in [-0.3, -0.25) is 19.4 Å². The Morgan fingerprint density at radius 2 is 1.68 bits per heavy atom. The van der Waals surface area contributed by atoms with Crippen molar-refractivity contribution in [2.75, 3.05) is 51.3 Å². The lowest BCUT2D eigenvalue weighted by Crippen LogP contribution is -2.44. The summed E-state index contributed by atoms with van der Waals surface area (Å²) in [6.07, 6.45) is -9.24. The molecule has 11 nitrogen and oxygen atoms in total. The number of carboxylic acid groups (broad SMARTS) is 1. The van der Waals surface area contributed by atoms with Gasteiger partial charge in [-0.05, 0) is 70.8 Å². The third-order valence-electron chi connectivity index (χ3n) is 8.15. The Morgan fingerprint density at radius 3 is 2.32 bits per heavy atom. The zero-order valence-electron chi connectivity index (χ0n) is 27.5. The molecule has 0 radical (unpaired) electrons. The van der Waals surface area contributed by atoms with Crippen LogP contribution in [0.2, 0.25) is 0 Å². The summed E-state index contributed by atoms with van der Waals surface area (Å²) in [5, 5.41) is 25.4. The maximum atomic E-state index is 13.7. The second-order valence-corrected chi connectivity index (χ2v) is 13.5. The maximum absolute atomic E-state index is 13.7. The molecule has 0 aliphatic carbocycles. The van der Waals surface area contributed by atoms with Crippen molar-refractivity contribution in [3.05, 3.63) is 87.6 Å². The zero-order valence-corrected chi connectivity index (χ0v) is 29.1. The van der Waals surface area contributed by atoms with Gasteiger partial charge in [0.1, 0.15) is 10.0 Å². The molecule has 0 spiro atoms. The number of thioether (sulfide) groups is 1. The molecule has 0 bridgehead atoms. The Balaban J connectivity index is 1.39. The first kappa shape index (κ1) is 39.6. The molecule has 1 unspecified atom stereocenters. The number of aliphatic hydroxyl groups excluding tert-OH is 1. The topological polar surface area (TPSA) is 144 Å². The van der Waals surface area contributed by atoms with Gasteiger partial charge in [0, 0.05) is 44.6 Å². The summed E-state index contributed by atoms with van der Waals surface area (Å²) < 4.78 is 87.3. The Bertz CT molecular complexity index is 1890. The normalized spacial score (nSPS) is 17.0. The number of carbonyl (C=O) groups excluding carboxylic acids is 2. The molecule has 2 aliphatic heterocycles. The number of aromatic carboxylic acids is 1. The summed E-state index contributed by atoms with van der Waals surface area (Å²) in [5.74, 6) is -2.85. The van der Waals surface area contributed by atoms with Gasteiger partial charge >= 0.3 is 18.3 Å². The predicted octanol–water partition coefficient (Wildman–Crippen LogP) is 5.11. The van der Waals surface area contributed by atoms with Crippen molar-refractivity contribution in [1.29, 1.82) is 0 Å². The Morgan fingerprint density at radius 1 is 1.00 bits per heavy atom. The standard InChI is InChI=1S/C34H31F6N5O6S2/c35-33(36,37)23-13-21(14-24(16-23)34(38,39)40)20-1-2-25(42-5-6-44-7-9-51-10-8-44)22(12-20)15-28-30(48)45(32(52)53-28)18-27(46)29(47)43-17-19-3-4-41-26(11-19)31(49)50/h1-4,11-16,27,42,46H,5-10,17-18H2,(H,43,47)(H,49,50). The van der Waals surface area contributed by atoms with Crippen LogP contribution in [0.5, 0.6) is 0 Å². The number of alkyl halides is 6. The number of ether oxygens (including phenoxy) is 1. The van der Waals surface area contributed by atoms with Crippen LogP contribution in [0.1, 0.15) is 32.7 Å². The Labute approximate surface area is 308 Å². The summed E-state index contributed by atoms with van der Waals surface area (Å²) in [6, 6.07) is 8.21. The number of halogens is 6. The van der Waals surface area contributed by atoms with E-state index in [4.69, 9.17) is 22.1 Å². The molecule has 53 heavy (non-hydrogen) atoms. The SMILES string of the molecule is O=C(O)c1cc(CNC(=O)C(O)CN2C(=O)C(=Cc3cc(-c4cc(C(F)(F)F)cc(C(F)(F)F)c4)ccc3NCCN3CCOCC3)SC2=S)ccn1. The molecule has 2 saturated heterocycles. The van der Waals surface area contributed by atoms with Crippen LogP contribution in [-0.2, 0) is 33.2 Å². The number of carbonyl (C=O) groups is 3. The van der Waals surface area contributed by atoms with Gasteiger partial charge < -0.3 is 25.6 Å². The number of aromatic nitrogens is 1. The molecule has 5 rings (SSSR count). The maximum Gasteiger partial charge on any atom is 0.416 e. The highest BCUT2D eigenvalue weighted by Gasteiger charge is 2.38. The molecule has 3 heterocycles. The third kappa shape index (κ3) is 10.3. The first-order valence-electron chi connectivity index (χ1n) is 15.9. The van der Waals surface area contributed by atoms with Crippen LogP contribution in [0.15, 0.2) is 59.6 Å². The number of morpholine rings is 1. The number of thiocarbonyl (C=S) groups is 1. The molecule has 19 heteroatoms. The van der Waals surface area contributed by atoms with Crippen molar-refractivity contribution < 1.29 is 55.7 Å². The van der Waals surface area contributed by atoms with Crippen molar-refractivity contribution in [2.45, 2.75) is 25.0 Å². The van der Waals surface area contributed by atoms with Crippen LogP contribution in [0.3, 0.4) is 0 Å². The number of hydrogen-bond acceptors (Lipinski definition) is 10. The number of aliphatic hydroxyl groups is 1. The van der Waals surface area contributed by atoms with Crippen molar-refractivity contribution in [3.8, 4) is 11.1 Å². The lowest BCUT2D eigenvalue weighted by molar-refractivity contribution is -0.143. The monoisotopic (exact) mass is 783 g/mol. The average Bonchev–Trinajstić information content (AvgIpc) is 3.37. The molecule has 4 N–H and O–H groups in total. The van der Waals surface area contributed by atoms with Crippen molar-refractivity contribution >= 4 is 57.8 Å². The van der Waals surface area contributed by atoms with Crippen molar-refractivity contribution in [3.63, 3.8) is 0 Å². The quantitative estimate of drug-likeness (QED) is 0.111. The van der Waals surface area contributed by atoms with Crippen LogP contribution in [0.25, 0.3) is 17.2 Å². The highest BCUT2D eigenvalue weighted by atomic mass is 32.2. The largest absolute Gasteiger partial charge is 0.477 e. The van der Waals surface area contributed by atoms with Crippen molar-refractivity contribution in [2.24, 2.45) is 0 Å². The Hall–Kier alpha value is -4.56. The van der Waals surface area contributed by atoms with E-state index < -0.39 is 53.9 Å². The third-order valence-corrected chi connectivity index (χ3v) is 9.53. The number of benzene rings is 2. The molecular formula is C34H31F6N5O6S2. The highest BCUT2D eigenvalue weighted by molar-refractivity contribution is 8.26. The first-order valence-corrected chi connectivity index (χ1v) is 17.1. The van der Waals surface area contributed by atoms with E-state index in [1.807, 2.05) is 0 Å². The van der Waals surface area contributed by atoms with Gasteiger partial charge in [-0.25, -0.2) is 9.78 Å². The minimum absolute atomic E-state index is 0.0128.